The second kappa shape index (κ2) is 37.2. The summed E-state index contributed by atoms with van der Waals surface area (Å²) in [5.74, 6) is -8.23. The Bertz CT molecular complexity index is 5170. The van der Waals surface area contributed by atoms with E-state index in [2.05, 4.69) is 83.1 Å². The molecule has 0 radical (unpaired) electrons. The number of fused-ring (bicyclic) bond motifs is 8. The van der Waals surface area contributed by atoms with Crippen molar-refractivity contribution < 1.29 is 110 Å². The molecule has 4 heterocycles. The van der Waals surface area contributed by atoms with Crippen LogP contribution in [-0.2, 0) is 109 Å². The number of carbonyl (C=O) groups is 8. The zero-order chi connectivity index (χ0) is 88.8. The molecule has 1 aliphatic carbocycles. The number of phenols is 2. The van der Waals surface area contributed by atoms with Crippen molar-refractivity contribution in [1.29, 1.82) is 0 Å². The summed E-state index contributed by atoms with van der Waals surface area (Å²) < 4.78 is 86.7. The van der Waals surface area contributed by atoms with E-state index in [0.717, 1.165) is 22.3 Å². The van der Waals surface area contributed by atoms with Gasteiger partial charge in [0.15, 0.2) is 49.8 Å². The fourth-order valence-corrected chi connectivity index (χ4v) is 15.5. The van der Waals surface area contributed by atoms with Crippen molar-refractivity contribution in [2.24, 2.45) is 0 Å². The van der Waals surface area contributed by atoms with Gasteiger partial charge in [-0.2, -0.15) is 0 Å². The van der Waals surface area contributed by atoms with Gasteiger partial charge in [-0.3, -0.25) is 0 Å². The van der Waals surface area contributed by atoms with Crippen molar-refractivity contribution in [3.05, 3.63) is 331 Å². The van der Waals surface area contributed by atoms with Crippen LogP contribution in [0.3, 0.4) is 0 Å². The van der Waals surface area contributed by atoms with Crippen LogP contribution in [0.1, 0.15) is 212 Å². The number of rotatable bonds is 12. The summed E-state index contributed by atoms with van der Waals surface area (Å²) >= 11 is 0. The Morgan fingerprint density at radius 3 is 0.712 bits per heavy atom. The van der Waals surface area contributed by atoms with Crippen LogP contribution in [0.5, 0.6) is 23.0 Å². The normalized spacial score (nSPS) is 20.7. The van der Waals surface area contributed by atoms with Gasteiger partial charge in [0.25, 0.3) is 0 Å². The molecule has 23 heteroatoms. The minimum Gasteiger partial charge on any atom is -0.507 e. The highest BCUT2D eigenvalue weighted by Gasteiger charge is 2.59. The van der Waals surface area contributed by atoms with Crippen LogP contribution in [0.2, 0.25) is 0 Å². The van der Waals surface area contributed by atoms with Crippen molar-refractivity contribution >= 4 is 47.8 Å². The van der Waals surface area contributed by atoms with Gasteiger partial charge in [-0.1, -0.05) is 241 Å². The first-order chi connectivity index (χ1) is 59.6. The van der Waals surface area contributed by atoms with Gasteiger partial charge in [-0.15, -0.1) is 0 Å². The predicted octanol–water partition coefficient (Wildman–Crippen LogP) is 16.6. The van der Waals surface area contributed by atoms with Crippen molar-refractivity contribution in [2.45, 2.75) is 192 Å². The number of phenolic OH excluding ortho intramolecular Hbond substituents is 2. The highest BCUT2D eigenvalue weighted by molar-refractivity contribution is 5.93. The Morgan fingerprint density at radius 1 is 0.280 bits per heavy atom. The number of esters is 8. The standard InChI is InChI=1S/C102H102O23/c1-99(2,3)73-47-65-43-69-51-75(101(7,8)9)53-71-45-67-49-74(100(4,5)6)50-68(82(67)106)46-72-54-76(102(10,11)12)52-70(44-66(48-73)81(65)105)84(72)116-58-80(104)114-56-78-86(120-92(108)60-33-21-14-22-34-60)88(122-94(110)62-37-25-16-26-38-62)90(124-96(112)64-41-29-18-30-42-64)98(118-78)125-97-89(123-95(111)63-39-27-17-28-40-63)87(121-93(109)61-35-23-15-24-36-61)85(119-91(107)59-31-19-13-20-32-59)77(117-97)55-113-79(103)57-115-83(69)71/h13-42,47-54,77-78,85-90,97-98,105-106H,43-46,55-58H2,1-12H3/t77-,78-,85-,86-,87+,88+,89-,90-,97-,98-/m1/s1. The zero-order valence-electron chi connectivity index (χ0n) is 71.8. The Morgan fingerprint density at radius 2 is 0.488 bits per heavy atom. The maximum atomic E-state index is 15.5. The third-order valence-corrected chi connectivity index (χ3v) is 22.5. The second-order valence-electron chi connectivity index (χ2n) is 35.8. The molecule has 10 aromatic rings. The lowest BCUT2D eigenvalue weighted by Crippen LogP contribution is -2.67. The van der Waals surface area contributed by atoms with Gasteiger partial charge in [0.05, 0.1) is 33.4 Å². The Labute approximate surface area is 726 Å². The molecule has 0 saturated carbocycles. The summed E-state index contributed by atoms with van der Waals surface area (Å²) in [6, 6.07) is 61.6. The zero-order valence-corrected chi connectivity index (χ0v) is 71.8. The molecule has 15 rings (SSSR count). The van der Waals surface area contributed by atoms with E-state index in [-0.39, 0.29) is 82.1 Å². The number of benzene rings is 10. The molecule has 0 unspecified atom stereocenters. The van der Waals surface area contributed by atoms with Gasteiger partial charge in [0.1, 0.15) is 48.4 Å². The van der Waals surface area contributed by atoms with Crippen LogP contribution in [0.25, 0.3) is 0 Å². The maximum Gasteiger partial charge on any atom is 0.344 e. The molecule has 5 aliphatic rings. The quantitative estimate of drug-likeness (QED) is 0.0848. The molecule has 2 N–H and O–H groups in total. The van der Waals surface area contributed by atoms with Gasteiger partial charge < -0.3 is 71.8 Å². The van der Waals surface area contributed by atoms with Gasteiger partial charge in [0, 0.05) is 25.7 Å². The molecule has 14 bridgehead atoms. The lowest BCUT2D eigenvalue weighted by Gasteiger charge is -2.48. The number of hydrogen-bond donors (Lipinski definition) is 2. The minimum absolute atomic E-state index is 0.0111. The largest absolute Gasteiger partial charge is 0.507 e. The van der Waals surface area contributed by atoms with E-state index in [0.29, 0.717) is 44.5 Å². The van der Waals surface area contributed by atoms with Crippen molar-refractivity contribution in [3.63, 3.8) is 0 Å². The molecule has 23 nitrogen and oxygen atoms in total. The first-order valence-corrected chi connectivity index (χ1v) is 41.7. The molecule has 2 fully saturated rings. The SMILES string of the molecule is CC(C)(C)c1cc2c(O)c(c1)Cc1cc(C(C)(C)C)cc3c1OCC(=O)OC[C@H]1O[C@H](O[C@H]4O[C@H](COC(=O)COc5c(cc(C(C)(C)C)cc5Cc5cc(C(C)(C)C)cc(c5O)C3)C2)[C@@H](OC(=O)c2ccccc2)[C@H](OC(=O)c2ccccc2)[C@H]4OC(=O)c2ccccc2)[C@H](OC(=O)c2ccccc2)[C@@H](OC(=O)c2ccccc2)[C@@H]1OC(=O)c1ccccc1. The molecule has 125 heavy (non-hydrogen) atoms. The summed E-state index contributed by atoms with van der Waals surface area (Å²) in [7, 11) is 0. The van der Waals surface area contributed by atoms with Gasteiger partial charge in [-0.25, -0.2) is 38.4 Å². The summed E-state index contributed by atoms with van der Waals surface area (Å²) in [5.41, 5.74) is 5.04. The van der Waals surface area contributed by atoms with Crippen LogP contribution in [0, 0.1) is 0 Å². The van der Waals surface area contributed by atoms with E-state index in [1.54, 1.807) is 109 Å². The molecule has 2 saturated heterocycles. The van der Waals surface area contributed by atoms with Crippen molar-refractivity contribution in [2.75, 3.05) is 26.4 Å². The molecule has 10 aromatic carbocycles. The third-order valence-electron chi connectivity index (χ3n) is 22.5. The van der Waals surface area contributed by atoms with E-state index < -0.39 is 157 Å². The minimum atomic E-state index is -2.27. The number of ether oxygens (including phenoxy) is 13. The fourth-order valence-electron chi connectivity index (χ4n) is 15.5. The lowest BCUT2D eigenvalue weighted by atomic mass is 9.79. The van der Waals surface area contributed by atoms with E-state index in [1.165, 1.54) is 72.8 Å². The van der Waals surface area contributed by atoms with Crippen molar-refractivity contribution in [3.8, 4) is 23.0 Å². The van der Waals surface area contributed by atoms with Crippen molar-refractivity contribution in [1.82, 2.24) is 0 Å². The van der Waals surface area contributed by atoms with E-state index >= 15 is 38.4 Å². The third kappa shape index (κ3) is 20.9. The second-order valence-corrected chi connectivity index (χ2v) is 35.8. The molecule has 0 spiro atoms. The van der Waals surface area contributed by atoms with Crippen LogP contribution in [0.15, 0.2) is 231 Å². The summed E-state index contributed by atoms with van der Waals surface area (Å²) in [6.07, 6.45) is -20.7. The average Bonchev–Trinajstić information content (AvgIpc) is 0.755. The molecule has 0 aromatic heterocycles. The van der Waals surface area contributed by atoms with Gasteiger partial charge in [0.2, 0.25) is 12.6 Å². The maximum absolute atomic E-state index is 15.5. The van der Waals surface area contributed by atoms with Crippen LogP contribution in [-0.4, -0.2) is 146 Å². The monoisotopic (exact) mass is 1690 g/mol. The van der Waals surface area contributed by atoms with E-state index in [9.17, 15) is 10.2 Å². The predicted molar refractivity (Wildman–Crippen MR) is 460 cm³/mol. The highest BCUT2D eigenvalue weighted by atomic mass is 16.8. The molecular weight excluding hydrogens is 1590 g/mol. The van der Waals surface area contributed by atoms with E-state index in [4.69, 9.17) is 61.6 Å². The molecule has 10 atom stereocenters. The number of hydrogen-bond acceptors (Lipinski definition) is 23. The lowest BCUT2D eigenvalue weighted by molar-refractivity contribution is -0.373. The van der Waals surface area contributed by atoms with Crippen LogP contribution < -0.4 is 9.47 Å². The number of aromatic hydroxyl groups is 2. The first-order valence-electron chi connectivity index (χ1n) is 41.7. The molecule has 648 valence electrons. The van der Waals surface area contributed by atoms with Crippen LogP contribution >= 0.6 is 0 Å². The summed E-state index contributed by atoms with van der Waals surface area (Å²) in [5, 5.41) is 26.5. The summed E-state index contributed by atoms with van der Waals surface area (Å²) in [4.78, 5) is 122. The summed E-state index contributed by atoms with van der Waals surface area (Å²) in [6.45, 7) is 21.2. The Balaban J connectivity index is 1.01. The smallest absolute Gasteiger partial charge is 0.344 e. The van der Waals surface area contributed by atoms with Crippen LogP contribution in [0.4, 0.5) is 0 Å². The highest BCUT2D eigenvalue weighted by Crippen LogP contribution is 2.46. The fraction of sp³-hybridized carbons (Fsp3) is 0.333. The topological polar surface area (TPSA) is 297 Å². The van der Waals surface area contributed by atoms with Gasteiger partial charge in [-0.05, 0) is 161 Å². The van der Waals surface area contributed by atoms with E-state index in [1.807, 2.05) is 48.5 Å². The Kier molecular flexibility index (Phi) is 26.3. The molecule has 0 amide bonds. The number of carbonyl (C=O) groups excluding carboxylic acids is 8. The molecule has 4 aliphatic heterocycles. The Hall–Kier alpha value is -13.0. The average molecular weight is 1700 g/mol. The molecular formula is C102H102O23. The first kappa shape index (κ1) is 88.4. The van der Waals surface area contributed by atoms with Gasteiger partial charge >= 0.3 is 47.8 Å².